The van der Waals surface area contributed by atoms with Gasteiger partial charge in [0.15, 0.2) is 0 Å². The van der Waals surface area contributed by atoms with Gasteiger partial charge in [-0.3, -0.25) is 5.10 Å². The van der Waals surface area contributed by atoms with Crippen LogP contribution in [0.25, 0.3) is 11.3 Å². The second-order valence-electron chi connectivity index (χ2n) is 5.17. The van der Waals surface area contributed by atoms with Crippen LogP contribution in [0.5, 0.6) is 0 Å². The Labute approximate surface area is 104 Å². The number of nitrogens with zero attached hydrogens (tertiary/aromatic N) is 1. The van der Waals surface area contributed by atoms with Gasteiger partial charge in [-0.25, -0.2) is 4.39 Å². The summed E-state index contributed by atoms with van der Waals surface area (Å²) in [7, 11) is 0. The van der Waals surface area contributed by atoms with Crippen molar-refractivity contribution in [3.63, 3.8) is 0 Å². The van der Waals surface area contributed by atoms with Crippen LogP contribution in [-0.4, -0.2) is 16.2 Å². The molecule has 2 N–H and O–H groups in total. The molecule has 0 unspecified atom stereocenters. The molecule has 2 aliphatic heterocycles. The van der Waals surface area contributed by atoms with E-state index in [1.807, 2.05) is 6.07 Å². The molecule has 2 atom stereocenters. The van der Waals surface area contributed by atoms with Gasteiger partial charge in [0.05, 0.1) is 5.69 Å². The normalized spacial score (nSPS) is 25.2. The molecule has 2 bridgehead atoms. The van der Waals surface area contributed by atoms with Crippen molar-refractivity contribution in [3.05, 3.63) is 41.3 Å². The lowest BCUT2D eigenvalue weighted by Gasteiger charge is -2.21. The zero-order valence-corrected chi connectivity index (χ0v) is 9.91. The molecule has 4 heteroatoms. The summed E-state index contributed by atoms with van der Waals surface area (Å²) in [5.74, 6) is -0.211. The van der Waals surface area contributed by atoms with E-state index in [1.54, 1.807) is 12.1 Å². The maximum Gasteiger partial charge on any atom is 0.123 e. The van der Waals surface area contributed by atoms with Crippen molar-refractivity contribution in [2.24, 2.45) is 0 Å². The number of rotatable bonds is 1. The standard InChI is InChI=1S/C14H14FN3/c15-9-3-1-2-8(6-9)14-13-11-5-4-10(16-11)7-12(13)17-18-14/h1-3,6,10-11,16H,4-5,7H2,(H,17,18)/t10-,11+/m1/s1. The lowest BCUT2D eigenvalue weighted by molar-refractivity contribution is 0.511. The smallest absolute Gasteiger partial charge is 0.123 e. The van der Waals surface area contributed by atoms with Gasteiger partial charge in [-0.2, -0.15) is 5.10 Å². The number of hydrogen-bond acceptors (Lipinski definition) is 2. The number of aromatic nitrogens is 2. The molecule has 4 rings (SSSR count). The van der Waals surface area contributed by atoms with Crippen LogP contribution in [0, 0.1) is 5.82 Å². The average Bonchev–Trinajstić information content (AvgIpc) is 2.95. The molecular formula is C14H14FN3. The van der Waals surface area contributed by atoms with E-state index in [0.29, 0.717) is 12.1 Å². The summed E-state index contributed by atoms with van der Waals surface area (Å²) < 4.78 is 13.3. The maximum absolute atomic E-state index is 13.3. The highest BCUT2D eigenvalue weighted by Crippen LogP contribution is 2.40. The van der Waals surface area contributed by atoms with E-state index >= 15 is 0 Å². The van der Waals surface area contributed by atoms with Gasteiger partial charge in [0.1, 0.15) is 5.82 Å². The zero-order valence-electron chi connectivity index (χ0n) is 9.91. The minimum atomic E-state index is -0.211. The topological polar surface area (TPSA) is 40.7 Å². The van der Waals surface area contributed by atoms with Gasteiger partial charge in [-0.15, -0.1) is 0 Å². The summed E-state index contributed by atoms with van der Waals surface area (Å²) in [5.41, 5.74) is 4.23. The molecule has 0 spiro atoms. The first kappa shape index (κ1) is 10.3. The van der Waals surface area contributed by atoms with E-state index < -0.39 is 0 Å². The third-order valence-electron chi connectivity index (χ3n) is 4.02. The molecule has 0 saturated carbocycles. The van der Waals surface area contributed by atoms with Crippen LogP contribution in [0.2, 0.25) is 0 Å². The monoisotopic (exact) mass is 243 g/mol. The summed E-state index contributed by atoms with van der Waals surface area (Å²) in [6.45, 7) is 0. The summed E-state index contributed by atoms with van der Waals surface area (Å²) in [6, 6.07) is 7.64. The molecule has 1 saturated heterocycles. The Kier molecular flexibility index (Phi) is 2.08. The molecule has 3 nitrogen and oxygen atoms in total. The van der Waals surface area contributed by atoms with Crippen molar-refractivity contribution in [3.8, 4) is 11.3 Å². The fourth-order valence-electron chi connectivity index (χ4n) is 3.23. The van der Waals surface area contributed by atoms with Crippen molar-refractivity contribution in [1.82, 2.24) is 15.5 Å². The van der Waals surface area contributed by atoms with Gasteiger partial charge in [-0.1, -0.05) is 12.1 Å². The third-order valence-corrected chi connectivity index (χ3v) is 4.02. The predicted molar refractivity (Wildman–Crippen MR) is 66.6 cm³/mol. The second kappa shape index (κ2) is 3.65. The Bertz CT molecular complexity index is 605. The van der Waals surface area contributed by atoms with Gasteiger partial charge in [-0.05, 0) is 25.0 Å². The minimum Gasteiger partial charge on any atom is -0.307 e. The lowest BCUT2D eigenvalue weighted by atomic mass is 9.96. The van der Waals surface area contributed by atoms with Crippen LogP contribution < -0.4 is 5.32 Å². The van der Waals surface area contributed by atoms with E-state index in [2.05, 4.69) is 15.5 Å². The Hall–Kier alpha value is -1.68. The highest BCUT2D eigenvalue weighted by molar-refractivity contribution is 5.65. The minimum absolute atomic E-state index is 0.211. The second-order valence-corrected chi connectivity index (χ2v) is 5.17. The number of aromatic amines is 1. The van der Waals surface area contributed by atoms with Crippen molar-refractivity contribution < 1.29 is 4.39 Å². The molecule has 18 heavy (non-hydrogen) atoms. The molecule has 0 radical (unpaired) electrons. The molecule has 2 aromatic rings. The number of nitrogens with one attached hydrogen (secondary N) is 2. The Balaban J connectivity index is 1.86. The van der Waals surface area contributed by atoms with Crippen LogP contribution in [0.15, 0.2) is 24.3 Å². The molecule has 1 aromatic carbocycles. The predicted octanol–water partition coefficient (Wildman–Crippen LogP) is 2.57. The molecular weight excluding hydrogens is 229 g/mol. The van der Waals surface area contributed by atoms with Crippen molar-refractivity contribution in [2.75, 3.05) is 0 Å². The van der Waals surface area contributed by atoms with Crippen molar-refractivity contribution in [1.29, 1.82) is 0 Å². The van der Waals surface area contributed by atoms with E-state index in [0.717, 1.165) is 24.1 Å². The summed E-state index contributed by atoms with van der Waals surface area (Å²) in [4.78, 5) is 0. The highest BCUT2D eigenvalue weighted by atomic mass is 19.1. The van der Waals surface area contributed by atoms with E-state index in [9.17, 15) is 4.39 Å². The van der Waals surface area contributed by atoms with E-state index in [-0.39, 0.29) is 5.82 Å². The average molecular weight is 243 g/mol. The molecule has 3 heterocycles. The first-order valence-corrected chi connectivity index (χ1v) is 6.40. The molecule has 1 fully saturated rings. The van der Waals surface area contributed by atoms with Gasteiger partial charge < -0.3 is 5.32 Å². The lowest BCUT2D eigenvalue weighted by Crippen LogP contribution is -2.31. The van der Waals surface area contributed by atoms with Crippen LogP contribution in [0.4, 0.5) is 4.39 Å². The van der Waals surface area contributed by atoms with Crippen LogP contribution >= 0.6 is 0 Å². The number of H-pyrrole nitrogens is 1. The van der Waals surface area contributed by atoms with Crippen LogP contribution in [0.1, 0.15) is 30.1 Å². The molecule has 1 aromatic heterocycles. The quantitative estimate of drug-likeness (QED) is 0.808. The first-order valence-electron chi connectivity index (χ1n) is 6.40. The summed E-state index contributed by atoms with van der Waals surface area (Å²) in [6.07, 6.45) is 3.38. The maximum atomic E-state index is 13.3. The third kappa shape index (κ3) is 1.42. The SMILES string of the molecule is Fc1cccc(-c2n[nH]c3c2[C@@H]2CC[C@H](C3)N2)c1. The molecule has 2 aliphatic rings. The van der Waals surface area contributed by atoms with Gasteiger partial charge >= 0.3 is 0 Å². The zero-order chi connectivity index (χ0) is 12.1. The molecule has 0 aliphatic carbocycles. The van der Waals surface area contributed by atoms with Crippen LogP contribution in [0.3, 0.4) is 0 Å². The molecule has 0 amide bonds. The van der Waals surface area contributed by atoms with E-state index in [1.165, 1.54) is 23.7 Å². The fourth-order valence-corrected chi connectivity index (χ4v) is 3.23. The summed E-state index contributed by atoms with van der Waals surface area (Å²) in [5, 5.41) is 11.1. The Morgan fingerprint density at radius 2 is 2.22 bits per heavy atom. The van der Waals surface area contributed by atoms with Crippen molar-refractivity contribution in [2.45, 2.75) is 31.3 Å². The van der Waals surface area contributed by atoms with Gasteiger partial charge in [0.25, 0.3) is 0 Å². The first-order chi connectivity index (χ1) is 8.81. The number of hydrogen-bond donors (Lipinski definition) is 2. The molecule has 92 valence electrons. The van der Waals surface area contributed by atoms with E-state index in [4.69, 9.17) is 0 Å². The van der Waals surface area contributed by atoms with Crippen LogP contribution in [-0.2, 0) is 6.42 Å². The summed E-state index contributed by atoms with van der Waals surface area (Å²) >= 11 is 0. The number of fused-ring (bicyclic) bond motifs is 4. The van der Waals surface area contributed by atoms with Gasteiger partial charge in [0.2, 0.25) is 0 Å². The highest BCUT2D eigenvalue weighted by Gasteiger charge is 2.35. The number of benzene rings is 1. The largest absolute Gasteiger partial charge is 0.307 e. The number of halogens is 1. The Morgan fingerprint density at radius 1 is 1.28 bits per heavy atom. The fraction of sp³-hybridized carbons (Fsp3) is 0.357. The van der Waals surface area contributed by atoms with Gasteiger partial charge in [0, 0.05) is 35.3 Å². The van der Waals surface area contributed by atoms with Crippen molar-refractivity contribution >= 4 is 0 Å². The Morgan fingerprint density at radius 3 is 3.11 bits per heavy atom.